The van der Waals surface area contributed by atoms with Crippen LogP contribution in [0.3, 0.4) is 0 Å². The van der Waals surface area contributed by atoms with Crippen molar-refractivity contribution < 1.29 is 4.74 Å². The third-order valence-corrected chi connectivity index (χ3v) is 3.77. The lowest BCUT2D eigenvalue weighted by molar-refractivity contribution is 0.481. The molecule has 0 saturated heterocycles. The van der Waals surface area contributed by atoms with Crippen LogP contribution in [0.2, 0.25) is 0 Å². The van der Waals surface area contributed by atoms with E-state index in [1.54, 1.807) is 13.3 Å². The SMILES string of the molecule is CN1CC/C(=C/Oc2ccccc2)c2c1n(C)c(=O)[nH]c2=O. The number of hydrogen-bond donors (Lipinski definition) is 1. The van der Waals surface area contributed by atoms with Crippen LogP contribution in [0, 0.1) is 0 Å². The third kappa shape index (κ3) is 2.43. The van der Waals surface area contributed by atoms with Crippen LogP contribution in [0.15, 0.2) is 46.2 Å². The van der Waals surface area contributed by atoms with Crippen LogP contribution < -0.4 is 20.9 Å². The zero-order valence-electron chi connectivity index (χ0n) is 12.5. The number of rotatable bonds is 2. The molecule has 2 heterocycles. The van der Waals surface area contributed by atoms with Gasteiger partial charge in [-0.15, -0.1) is 0 Å². The van der Waals surface area contributed by atoms with Crippen LogP contribution in [0.4, 0.5) is 5.82 Å². The summed E-state index contributed by atoms with van der Waals surface area (Å²) in [5, 5.41) is 0. The maximum Gasteiger partial charge on any atom is 0.329 e. The van der Waals surface area contributed by atoms with E-state index in [0.717, 1.165) is 5.57 Å². The van der Waals surface area contributed by atoms with Gasteiger partial charge in [0, 0.05) is 26.2 Å². The van der Waals surface area contributed by atoms with Gasteiger partial charge in [-0.1, -0.05) is 18.2 Å². The Bertz CT molecular complexity index is 834. The second-order valence-corrected chi connectivity index (χ2v) is 5.26. The van der Waals surface area contributed by atoms with Crippen LogP contribution in [0.25, 0.3) is 5.57 Å². The summed E-state index contributed by atoms with van der Waals surface area (Å²) in [5.74, 6) is 1.32. The van der Waals surface area contributed by atoms with Crippen LogP contribution in [0.1, 0.15) is 12.0 Å². The van der Waals surface area contributed by atoms with Crippen molar-refractivity contribution in [1.82, 2.24) is 9.55 Å². The first-order chi connectivity index (χ1) is 10.6. The Hall–Kier alpha value is -2.76. The molecular weight excluding hydrogens is 282 g/mol. The Morgan fingerprint density at radius 2 is 1.91 bits per heavy atom. The molecule has 0 atom stereocenters. The van der Waals surface area contributed by atoms with Crippen molar-refractivity contribution >= 4 is 11.4 Å². The zero-order chi connectivity index (χ0) is 15.7. The molecule has 6 heteroatoms. The van der Waals surface area contributed by atoms with Gasteiger partial charge in [-0.2, -0.15) is 0 Å². The minimum Gasteiger partial charge on any atom is -0.465 e. The first kappa shape index (κ1) is 14.2. The summed E-state index contributed by atoms with van der Waals surface area (Å²) >= 11 is 0. The molecule has 1 N–H and O–H groups in total. The molecule has 1 aromatic heterocycles. The quantitative estimate of drug-likeness (QED) is 0.850. The van der Waals surface area contributed by atoms with Gasteiger partial charge in [-0.3, -0.25) is 14.3 Å². The molecule has 1 aliphatic rings. The van der Waals surface area contributed by atoms with E-state index in [1.807, 2.05) is 42.3 Å². The van der Waals surface area contributed by atoms with Crippen LogP contribution in [-0.2, 0) is 7.05 Å². The molecule has 6 nitrogen and oxygen atoms in total. The number of benzene rings is 1. The Balaban J connectivity index is 2.07. The summed E-state index contributed by atoms with van der Waals surface area (Å²) in [6.45, 7) is 0.716. The molecule has 1 aliphatic heterocycles. The third-order valence-electron chi connectivity index (χ3n) is 3.77. The van der Waals surface area contributed by atoms with E-state index in [0.29, 0.717) is 30.1 Å². The van der Waals surface area contributed by atoms with Gasteiger partial charge in [0.15, 0.2) is 0 Å². The fraction of sp³-hybridized carbons (Fsp3) is 0.250. The number of ether oxygens (including phenoxy) is 1. The molecule has 1 aromatic carbocycles. The summed E-state index contributed by atoms with van der Waals surface area (Å²) in [5.41, 5.74) is 0.481. The van der Waals surface area contributed by atoms with E-state index in [2.05, 4.69) is 4.98 Å². The van der Waals surface area contributed by atoms with Crippen molar-refractivity contribution in [3.63, 3.8) is 0 Å². The second kappa shape index (κ2) is 5.55. The fourth-order valence-corrected chi connectivity index (χ4v) is 2.62. The Morgan fingerprint density at radius 3 is 2.64 bits per heavy atom. The number of aromatic amines is 1. The molecule has 114 valence electrons. The normalized spacial score (nSPS) is 15.7. The van der Waals surface area contributed by atoms with Gasteiger partial charge in [-0.25, -0.2) is 4.79 Å². The predicted molar refractivity (Wildman–Crippen MR) is 85.2 cm³/mol. The topological polar surface area (TPSA) is 67.3 Å². The Kier molecular flexibility index (Phi) is 3.58. The minimum absolute atomic E-state index is 0.382. The van der Waals surface area contributed by atoms with Crippen molar-refractivity contribution in [1.29, 1.82) is 0 Å². The lowest BCUT2D eigenvalue weighted by Crippen LogP contribution is -2.39. The van der Waals surface area contributed by atoms with Gasteiger partial charge in [-0.05, 0) is 18.6 Å². The van der Waals surface area contributed by atoms with Gasteiger partial charge in [0.05, 0.1) is 11.8 Å². The van der Waals surface area contributed by atoms with Gasteiger partial charge >= 0.3 is 5.69 Å². The number of nitrogens with zero attached hydrogens (tertiary/aromatic N) is 2. The highest BCUT2D eigenvalue weighted by molar-refractivity contribution is 5.76. The van der Waals surface area contributed by atoms with E-state index in [4.69, 9.17) is 4.74 Å². The second-order valence-electron chi connectivity index (χ2n) is 5.26. The average molecular weight is 299 g/mol. The fourth-order valence-electron chi connectivity index (χ4n) is 2.62. The largest absolute Gasteiger partial charge is 0.465 e. The first-order valence-electron chi connectivity index (χ1n) is 7.03. The maximum absolute atomic E-state index is 12.2. The molecule has 0 unspecified atom stereocenters. The molecule has 0 saturated carbocycles. The summed E-state index contributed by atoms with van der Waals surface area (Å²) in [6.07, 6.45) is 2.28. The minimum atomic E-state index is -0.416. The molecule has 0 fully saturated rings. The monoisotopic (exact) mass is 299 g/mol. The Labute approximate surface area is 127 Å². The van der Waals surface area contributed by atoms with E-state index >= 15 is 0 Å². The van der Waals surface area contributed by atoms with Crippen LogP contribution in [-0.4, -0.2) is 23.1 Å². The van der Waals surface area contributed by atoms with Crippen LogP contribution in [0.5, 0.6) is 5.75 Å². The van der Waals surface area contributed by atoms with Crippen molar-refractivity contribution in [2.24, 2.45) is 7.05 Å². The highest BCUT2D eigenvalue weighted by Gasteiger charge is 2.24. The smallest absolute Gasteiger partial charge is 0.329 e. The average Bonchev–Trinajstić information content (AvgIpc) is 2.52. The zero-order valence-corrected chi connectivity index (χ0v) is 12.5. The summed E-state index contributed by atoms with van der Waals surface area (Å²) in [6, 6.07) is 9.36. The number of anilines is 1. The van der Waals surface area contributed by atoms with E-state index in [1.165, 1.54) is 4.57 Å². The molecule has 0 bridgehead atoms. The van der Waals surface area contributed by atoms with Crippen molar-refractivity contribution in [2.45, 2.75) is 6.42 Å². The van der Waals surface area contributed by atoms with Gasteiger partial charge in [0.25, 0.3) is 5.56 Å². The number of H-pyrrole nitrogens is 1. The van der Waals surface area contributed by atoms with Crippen LogP contribution >= 0.6 is 0 Å². The standard InChI is InChI=1S/C16H17N3O3/c1-18-9-8-11(10-22-12-6-4-3-5-7-12)13-14(20)17-16(21)19(2)15(13)18/h3-7,10H,8-9H2,1-2H3,(H,17,20,21)/b11-10-. The molecule has 2 aromatic rings. The summed E-state index contributed by atoms with van der Waals surface area (Å²) in [4.78, 5) is 28.2. The highest BCUT2D eigenvalue weighted by Crippen LogP contribution is 2.29. The summed E-state index contributed by atoms with van der Waals surface area (Å²) in [7, 11) is 3.52. The molecular formula is C16H17N3O3. The van der Waals surface area contributed by atoms with E-state index < -0.39 is 5.69 Å². The van der Waals surface area contributed by atoms with E-state index in [-0.39, 0.29) is 5.56 Å². The van der Waals surface area contributed by atoms with Gasteiger partial charge < -0.3 is 9.64 Å². The predicted octanol–water partition coefficient (Wildman–Crippen LogP) is 1.33. The Morgan fingerprint density at radius 1 is 1.18 bits per heavy atom. The molecule has 22 heavy (non-hydrogen) atoms. The first-order valence-corrected chi connectivity index (χ1v) is 7.03. The summed E-state index contributed by atoms with van der Waals surface area (Å²) < 4.78 is 7.09. The molecule has 0 radical (unpaired) electrons. The number of fused-ring (bicyclic) bond motifs is 1. The highest BCUT2D eigenvalue weighted by atomic mass is 16.5. The molecule has 3 rings (SSSR count). The molecule has 0 amide bonds. The van der Waals surface area contributed by atoms with Gasteiger partial charge in [0.1, 0.15) is 11.6 Å². The number of hydrogen-bond acceptors (Lipinski definition) is 4. The lowest BCUT2D eigenvalue weighted by atomic mass is 10.0. The van der Waals surface area contributed by atoms with E-state index in [9.17, 15) is 9.59 Å². The number of nitrogens with one attached hydrogen (secondary N) is 1. The number of para-hydroxylation sites is 1. The lowest BCUT2D eigenvalue weighted by Gasteiger charge is -2.29. The van der Waals surface area contributed by atoms with Crippen molar-refractivity contribution in [3.8, 4) is 5.75 Å². The molecule has 0 spiro atoms. The van der Waals surface area contributed by atoms with Gasteiger partial charge in [0.2, 0.25) is 0 Å². The van der Waals surface area contributed by atoms with Crippen molar-refractivity contribution in [3.05, 3.63) is 63.0 Å². The van der Waals surface area contributed by atoms with Crippen molar-refractivity contribution in [2.75, 3.05) is 18.5 Å². The maximum atomic E-state index is 12.2. The molecule has 0 aliphatic carbocycles. The number of aromatic nitrogens is 2.